The molecule has 7 heteroatoms. The fraction of sp³-hybridized carbons (Fsp3) is 0.385. The smallest absolute Gasteiger partial charge is 0.345 e. The second kappa shape index (κ2) is 5.52. The van der Waals surface area contributed by atoms with Crippen LogP contribution in [0.25, 0.3) is 0 Å². The van der Waals surface area contributed by atoms with Crippen molar-refractivity contribution in [3.05, 3.63) is 35.4 Å². The number of fused-ring (bicyclic) bond motifs is 1. The van der Waals surface area contributed by atoms with Gasteiger partial charge in [-0.05, 0) is 18.1 Å². The monoisotopic (exact) mass is 286 g/mol. The molecule has 108 valence electrons. The normalized spacial score (nSPS) is 14.9. The molecule has 1 aliphatic heterocycles. The molecule has 0 unspecified atom stereocenters. The van der Waals surface area contributed by atoms with E-state index >= 15 is 0 Å². The van der Waals surface area contributed by atoms with Crippen molar-refractivity contribution in [2.24, 2.45) is 0 Å². The molecule has 0 aliphatic carbocycles. The van der Waals surface area contributed by atoms with Gasteiger partial charge in [0.1, 0.15) is 6.54 Å². The lowest BCUT2D eigenvalue weighted by Crippen LogP contribution is -2.45. The largest absolute Gasteiger partial charge is 0.405 e. The van der Waals surface area contributed by atoms with Gasteiger partial charge in [0.2, 0.25) is 5.91 Å². The first-order valence-corrected chi connectivity index (χ1v) is 6.07. The van der Waals surface area contributed by atoms with Crippen LogP contribution in [0, 0.1) is 0 Å². The number of amides is 2. The minimum Gasteiger partial charge on any atom is -0.345 e. The molecule has 1 N–H and O–H groups in total. The van der Waals surface area contributed by atoms with Gasteiger partial charge >= 0.3 is 6.18 Å². The maximum Gasteiger partial charge on any atom is 0.405 e. The van der Waals surface area contributed by atoms with E-state index in [4.69, 9.17) is 0 Å². The number of hydrogen-bond acceptors (Lipinski definition) is 2. The summed E-state index contributed by atoms with van der Waals surface area (Å²) < 4.78 is 35.9. The zero-order valence-electron chi connectivity index (χ0n) is 10.5. The van der Waals surface area contributed by atoms with E-state index < -0.39 is 18.6 Å². The molecule has 1 heterocycles. The van der Waals surface area contributed by atoms with Gasteiger partial charge in [0.05, 0.1) is 6.54 Å². The summed E-state index contributed by atoms with van der Waals surface area (Å²) in [6.07, 6.45) is -3.86. The van der Waals surface area contributed by atoms with Crippen LogP contribution in [0.4, 0.5) is 13.2 Å². The number of nitrogens with zero attached hydrogens (tertiary/aromatic N) is 1. The van der Waals surface area contributed by atoms with E-state index in [9.17, 15) is 22.8 Å². The number of nitrogens with one attached hydrogen (secondary N) is 1. The van der Waals surface area contributed by atoms with E-state index in [1.165, 1.54) is 4.90 Å². The first-order chi connectivity index (χ1) is 9.37. The Kier molecular flexibility index (Phi) is 3.96. The Hall–Kier alpha value is -2.05. The van der Waals surface area contributed by atoms with Crippen LogP contribution >= 0.6 is 0 Å². The Morgan fingerprint density at radius 2 is 2.00 bits per heavy atom. The predicted molar refractivity (Wildman–Crippen MR) is 65.1 cm³/mol. The van der Waals surface area contributed by atoms with Gasteiger partial charge in [-0.1, -0.05) is 18.2 Å². The maximum absolute atomic E-state index is 12.1. The summed E-state index contributed by atoms with van der Waals surface area (Å²) in [6.45, 7) is -1.41. The lowest BCUT2D eigenvalue weighted by atomic mass is 9.99. The van der Waals surface area contributed by atoms with Gasteiger partial charge < -0.3 is 10.2 Å². The van der Waals surface area contributed by atoms with Gasteiger partial charge in [-0.15, -0.1) is 0 Å². The molecule has 0 saturated heterocycles. The highest BCUT2D eigenvalue weighted by molar-refractivity contribution is 5.98. The minimum atomic E-state index is -4.45. The quantitative estimate of drug-likeness (QED) is 0.912. The highest BCUT2D eigenvalue weighted by Gasteiger charge is 2.29. The Labute approximate surface area is 113 Å². The number of benzene rings is 1. The molecule has 0 bridgehead atoms. The zero-order chi connectivity index (χ0) is 14.8. The van der Waals surface area contributed by atoms with Gasteiger partial charge in [-0.2, -0.15) is 13.2 Å². The lowest BCUT2D eigenvalue weighted by molar-refractivity contribution is -0.138. The van der Waals surface area contributed by atoms with Crippen molar-refractivity contribution in [1.29, 1.82) is 0 Å². The van der Waals surface area contributed by atoms with Crippen LogP contribution in [0.2, 0.25) is 0 Å². The third-order valence-electron chi connectivity index (χ3n) is 3.01. The van der Waals surface area contributed by atoms with Crippen molar-refractivity contribution in [3.8, 4) is 0 Å². The fourth-order valence-corrected chi connectivity index (χ4v) is 2.05. The molecule has 1 aromatic rings. The molecule has 0 fully saturated rings. The first-order valence-electron chi connectivity index (χ1n) is 6.07. The molecule has 20 heavy (non-hydrogen) atoms. The third kappa shape index (κ3) is 3.49. The number of hydrogen-bond donors (Lipinski definition) is 1. The highest BCUT2D eigenvalue weighted by Crippen LogP contribution is 2.18. The first kappa shape index (κ1) is 14.4. The van der Waals surface area contributed by atoms with Gasteiger partial charge in [0.15, 0.2) is 0 Å². The van der Waals surface area contributed by atoms with Gasteiger partial charge in [0, 0.05) is 12.1 Å². The molecule has 0 atom stereocenters. The van der Waals surface area contributed by atoms with E-state index in [0.717, 1.165) is 5.56 Å². The summed E-state index contributed by atoms with van der Waals surface area (Å²) in [4.78, 5) is 24.7. The number of rotatable bonds is 3. The van der Waals surface area contributed by atoms with Crippen LogP contribution in [-0.4, -0.2) is 42.5 Å². The second-order valence-corrected chi connectivity index (χ2v) is 4.53. The fourth-order valence-electron chi connectivity index (χ4n) is 2.05. The Bertz CT molecular complexity index is 529. The van der Waals surface area contributed by atoms with E-state index in [-0.39, 0.29) is 12.5 Å². The standard InChI is InChI=1S/C13H13F3N2O2/c14-13(15,16)8-17-11(19)7-18-6-5-9-3-1-2-4-10(9)12(18)20/h1-4H,5-8H2,(H,17,19). The summed E-state index contributed by atoms with van der Waals surface area (Å²) in [5, 5.41) is 1.76. The second-order valence-electron chi connectivity index (χ2n) is 4.53. The van der Waals surface area contributed by atoms with Crippen LogP contribution < -0.4 is 5.32 Å². The molecule has 0 aromatic heterocycles. The van der Waals surface area contributed by atoms with Crippen molar-refractivity contribution in [2.75, 3.05) is 19.6 Å². The summed E-state index contributed by atoms with van der Waals surface area (Å²) in [5.41, 5.74) is 1.40. The minimum absolute atomic E-state index is 0.325. The van der Waals surface area contributed by atoms with E-state index in [0.29, 0.717) is 18.5 Å². The van der Waals surface area contributed by atoms with Gasteiger partial charge in [-0.25, -0.2) is 0 Å². The topological polar surface area (TPSA) is 49.4 Å². The molecule has 0 radical (unpaired) electrons. The van der Waals surface area contributed by atoms with E-state index in [2.05, 4.69) is 0 Å². The van der Waals surface area contributed by atoms with Crippen LogP contribution in [-0.2, 0) is 11.2 Å². The Morgan fingerprint density at radius 1 is 1.30 bits per heavy atom. The molecule has 0 spiro atoms. The average Bonchev–Trinajstić information content (AvgIpc) is 2.39. The molecular formula is C13H13F3N2O2. The third-order valence-corrected chi connectivity index (χ3v) is 3.01. The number of carbonyl (C=O) groups is 2. The summed E-state index contributed by atoms with van der Waals surface area (Å²) in [5.74, 6) is -1.14. The summed E-state index contributed by atoms with van der Waals surface area (Å²) in [6, 6.07) is 7.01. The SMILES string of the molecule is O=C(CN1CCc2ccccc2C1=O)NCC(F)(F)F. The Morgan fingerprint density at radius 3 is 2.70 bits per heavy atom. The Balaban J connectivity index is 1.95. The molecule has 0 saturated carbocycles. The zero-order valence-corrected chi connectivity index (χ0v) is 10.5. The molecule has 1 aliphatic rings. The van der Waals surface area contributed by atoms with Crippen LogP contribution in [0.3, 0.4) is 0 Å². The van der Waals surface area contributed by atoms with E-state index in [1.54, 1.807) is 17.4 Å². The van der Waals surface area contributed by atoms with Gasteiger partial charge in [-0.3, -0.25) is 9.59 Å². The van der Waals surface area contributed by atoms with Crippen LogP contribution in [0.1, 0.15) is 15.9 Å². The molecule has 2 amide bonds. The van der Waals surface area contributed by atoms with Crippen molar-refractivity contribution >= 4 is 11.8 Å². The lowest BCUT2D eigenvalue weighted by Gasteiger charge is -2.28. The van der Waals surface area contributed by atoms with Crippen molar-refractivity contribution in [3.63, 3.8) is 0 Å². The van der Waals surface area contributed by atoms with Crippen molar-refractivity contribution in [1.82, 2.24) is 10.2 Å². The van der Waals surface area contributed by atoms with Crippen molar-refractivity contribution < 1.29 is 22.8 Å². The molecule has 2 rings (SSSR count). The van der Waals surface area contributed by atoms with Crippen LogP contribution in [0.5, 0.6) is 0 Å². The van der Waals surface area contributed by atoms with Crippen molar-refractivity contribution in [2.45, 2.75) is 12.6 Å². The van der Waals surface area contributed by atoms with Crippen LogP contribution in [0.15, 0.2) is 24.3 Å². The number of alkyl halides is 3. The molecule has 4 nitrogen and oxygen atoms in total. The average molecular weight is 286 g/mol. The molecular weight excluding hydrogens is 273 g/mol. The number of carbonyl (C=O) groups excluding carboxylic acids is 2. The summed E-state index contributed by atoms with van der Waals surface area (Å²) >= 11 is 0. The maximum atomic E-state index is 12.1. The number of halogens is 3. The molecule has 1 aromatic carbocycles. The van der Waals surface area contributed by atoms with Gasteiger partial charge in [0.25, 0.3) is 5.91 Å². The van der Waals surface area contributed by atoms with E-state index in [1.807, 2.05) is 12.1 Å². The summed E-state index contributed by atoms with van der Waals surface area (Å²) in [7, 11) is 0. The predicted octanol–water partition coefficient (Wildman–Crippen LogP) is 1.36. The highest BCUT2D eigenvalue weighted by atomic mass is 19.4.